The van der Waals surface area contributed by atoms with Crippen molar-refractivity contribution in [1.29, 1.82) is 0 Å². The number of amides is 1. The van der Waals surface area contributed by atoms with Crippen LogP contribution >= 0.6 is 0 Å². The van der Waals surface area contributed by atoms with Gasteiger partial charge in [0.05, 0.1) is 11.1 Å². The monoisotopic (exact) mass is 366 g/mol. The van der Waals surface area contributed by atoms with Crippen LogP contribution in [0.3, 0.4) is 0 Å². The molecule has 8 nitrogen and oxygen atoms in total. The standard InChI is InChI=1S/C19H18N4O4/c1-13-7-8-18(17(9-13)23(25)26)27-12-19(24)21-20-10-14-11-22(2)16-6-4-3-5-15(14)16/h3-11H,12H2,1-2H3,(H,21,24)/b20-10+. The van der Waals surface area contributed by atoms with Crippen molar-refractivity contribution in [3.63, 3.8) is 0 Å². The second-order valence-corrected chi connectivity index (χ2v) is 6.02. The van der Waals surface area contributed by atoms with Gasteiger partial charge in [0.15, 0.2) is 12.4 Å². The van der Waals surface area contributed by atoms with Gasteiger partial charge < -0.3 is 9.30 Å². The highest BCUT2D eigenvalue weighted by atomic mass is 16.6. The van der Waals surface area contributed by atoms with Crippen LogP contribution in [0.15, 0.2) is 53.8 Å². The Labute approximate surface area is 155 Å². The van der Waals surface area contributed by atoms with E-state index in [1.165, 1.54) is 12.1 Å². The summed E-state index contributed by atoms with van der Waals surface area (Å²) in [6.45, 7) is 1.36. The molecule has 0 radical (unpaired) electrons. The summed E-state index contributed by atoms with van der Waals surface area (Å²) in [5.41, 5.74) is 4.84. The molecule has 0 aliphatic carbocycles. The Balaban J connectivity index is 1.62. The Morgan fingerprint density at radius 1 is 1.33 bits per heavy atom. The topological polar surface area (TPSA) is 98.8 Å². The van der Waals surface area contributed by atoms with Crippen LogP contribution in [0.4, 0.5) is 5.69 Å². The van der Waals surface area contributed by atoms with Gasteiger partial charge in [-0.1, -0.05) is 24.3 Å². The van der Waals surface area contributed by atoms with Crippen molar-refractivity contribution in [2.75, 3.05) is 6.61 Å². The number of nitrogens with zero attached hydrogens (tertiary/aromatic N) is 3. The maximum absolute atomic E-state index is 11.9. The van der Waals surface area contributed by atoms with E-state index in [1.807, 2.05) is 42.1 Å². The fourth-order valence-electron chi connectivity index (χ4n) is 2.72. The van der Waals surface area contributed by atoms with Gasteiger partial charge in [0.1, 0.15) is 0 Å². The average molecular weight is 366 g/mol. The number of hydrazone groups is 1. The van der Waals surface area contributed by atoms with Crippen LogP contribution in [0.2, 0.25) is 0 Å². The number of fused-ring (bicyclic) bond motifs is 1. The number of ether oxygens (including phenoxy) is 1. The number of nitrogens with one attached hydrogen (secondary N) is 1. The van der Waals surface area contributed by atoms with E-state index >= 15 is 0 Å². The fraction of sp³-hybridized carbons (Fsp3) is 0.158. The molecule has 0 saturated heterocycles. The van der Waals surface area contributed by atoms with Gasteiger partial charge in [0, 0.05) is 35.8 Å². The molecule has 1 amide bonds. The molecule has 3 aromatic rings. The molecule has 0 saturated carbocycles. The zero-order valence-corrected chi connectivity index (χ0v) is 14.9. The molecule has 27 heavy (non-hydrogen) atoms. The largest absolute Gasteiger partial charge is 0.477 e. The van der Waals surface area contributed by atoms with Gasteiger partial charge in [-0.2, -0.15) is 5.10 Å². The number of carbonyl (C=O) groups excluding carboxylic acids is 1. The van der Waals surface area contributed by atoms with E-state index in [9.17, 15) is 14.9 Å². The maximum atomic E-state index is 11.9. The number of carbonyl (C=O) groups is 1. The number of rotatable bonds is 6. The molecule has 1 N–H and O–H groups in total. The van der Waals surface area contributed by atoms with Crippen LogP contribution in [-0.2, 0) is 11.8 Å². The first-order chi connectivity index (χ1) is 13.0. The number of aromatic nitrogens is 1. The van der Waals surface area contributed by atoms with Crippen molar-refractivity contribution >= 4 is 28.7 Å². The molecule has 1 heterocycles. The number of nitro groups is 1. The van der Waals surface area contributed by atoms with E-state index in [4.69, 9.17) is 4.74 Å². The molecule has 0 bridgehead atoms. The first-order valence-electron chi connectivity index (χ1n) is 8.19. The summed E-state index contributed by atoms with van der Waals surface area (Å²) < 4.78 is 7.23. The predicted molar refractivity (Wildman–Crippen MR) is 102 cm³/mol. The van der Waals surface area contributed by atoms with Crippen LogP contribution in [-0.4, -0.2) is 28.2 Å². The Morgan fingerprint density at radius 3 is 2.89 bits per heavy atom. The molecular weight excluding hydrogens is 348 g/mol. The van der Waals surface area contributed by atoms with Crippen LogP contribution < -0.4 is 10.2 Å². The third-order valence-electron chi connectivity index (χ3n) is 3.99. The Kier molecular flexibility index (Phi) is 5.16. The third kappa shape index (κ3) is 4.12. The predicted octanol–water partition coefficient (Wildman–Crippen LogP) is 2.92. The Bertz CT molecular complexity index is 1040. The highest BCUT2D eigenvalue weighted by Gasteiger charge is 2.16. The van der Waals surface area contributed by atoms with Crippen molar-refractivity contribution in [2.24, 2.45) is 12.1 Å². The quantitative estimate of drug-likeness (QED) is 0.412. The fourth-order valence-corrected chi connectivity index (χ4v) is 2.72. The minimum absolute atomic E-state index is 0.0405. The lowest BCUT2D eigenvalue weighted by atomic mass is 10.2. The summed E-state index contributed by atoms with van der Waals surface area (Å²) in [6.07, 6.45) is 3.46. The van der Waals surface area contributed by atoms with Crippen molar-refractivity contribution in [1.82, 2.24) is 9.99 Å². The molecule has 0 fully saturated rings. The van der Waals surface area contributed by atoms with Crippen molar-refractivity contribution < 1.29 is 14.5 Å². The van der Waals surface area contributed by atoms with E-state index in [0.29, 0.717) is 0 Å². The van der Waals surface area contributed by atoms with Crippen LogP contribution in [0.5, 0.6) is 5.75 Å². The summed E-state index contributed by atoms with van der Waals surface area (Å²) in [7, 11) is 1.93. The smallest absolute Gasteiger partial charge is 0.311 e. The second-order valence-electron chi connectivity index (χ2n) is 6.02. The van der Waals surface area contributed by atoms with Crippen LogP contribution in [0, 0.1) is 17.0 Å². The summed E-state index contributed by atoms with van der Waals surface area (Å²) in [4.78, 5) is 22.4. The number of benzene rings is 2. The van der Waals surface area contributed by atoms with Gasteiger partial charge >= 0.3 is 5.69 Å². The number of para-hydroxylation sites is 1. The van der Waals surface area contributed by atoms with Gasteiger partial charge in [-0.25, -0.2) is 5.43 Å². The highest BCUT2D eigenvalue weighted by Crippen LogP contribution is 2.27. The molecule has 0 spiro atoms. The summed E-state index contributed by atoms with van der Waals surface area (Å²) >= 11 is 0. The SMILES string of the molecule is Cc1ccc(OCC(=O)N/N=C/c2cn(C)c3ccccc23)c([N+](=O)[O-])c1. The van der Waals surface area contributed by atoms with Gasteiger partial charge in [0.2, 0.25) is 0 Å². The zero-order chi connectivity index (χ0) is 19.4. The van der Waals surface area contributed by atoms with Crippen molar-refractivity contribution in [3.8, 4) is 5.75 Å². The molecule has 3 rings (SSSR count). The van der Waals surface area contributed by atoms with E-state index in [1.54, 1.807) is 19.2 Å². The van der Waals surface area contributed by atoms with E-state index in [2.05, 4.69) is 10.5 Å². The second kappa shape index (κ2) is 7.69. The summed E-state index contributed by atoms with van der Waals surface area (Å²) in [5, 5.41) is 16.0. The van der Waals surface area contributed by atoms with Gasteiger partial charge in [-0.3, -0.25) is 14.9 Å². The summed E-state index contributed by atoms with van der Waals surface area (Å²) in [5.74, 6) is -0.472. The van der Waals surface area contributed by atoms with Gasteiger partial charge in [-0.15, -0.1) is 0 Å². The molecule has 0 atom stereocenters. The molecule has 0 aliphatic rings. The normalized spacial score (nSPS) is 11.0. The molecule has 1 aromatic heterocycles. The van der Waals surface area contributed by atoms with E-state index in [0.717, 1.165) is 22.0 Å². The van der Waals surface area contributed by atoms with E-state index < -0.39 is 10.8 Å². The Morgan fingerprint density at radius 2 is 2.11 bits per heavy atom. The zero-order valence-electron chi connectivity index (χ0n) is 14.9. The van der Waals surface area contributed by atoms with Crippen molar-refractivity contribution in [2.45, 2.75) is 6.92 Å². The van der Waals surface area contributed by atoms with Gasteiger partial charge in [-0.05, 0) is 24.6 Å². The van der Waals surface area contributed by atoms with E-state index in [-0.39, 0.29) is 18.0 Å². The minimum Gasteiger partial charge on any atom is -0.477 e. The number of hydrogen-bond acceptors (Lipinski definition) is 5. The third-order valence-corrected chi connectivity index (χ3v) is 3.99. The van der Waals surface area contributed by atoms with Crippen LogP contribution in [0.25, 0.3) is 10.9 Å². The molecule has 8 heteroatoms. The lowest BCUT2D eigenvalue weighted by molar-refractivity contribution is -0.385. The lowest BCUT2D eigenvalue weighted by Gasteiger charge is -2.06. The maximum Gasteiger partial charge on any atom is 0.311 e. The number of hydrogen-bond donors (Lipinski definition) is 1. The van der Waals surface area contributed by atoms with Gasteiger partial charge in [0.25, 0.3) is 5.91 Å². The molecule has 138 valence electrons. The lowest BCUT2D eigenvalue weighted by Crippen LogP contribution is -2.24. The first kappa shape index (κ1) is 18.1. The summed E-state index contributed by atoms with van der Waals surface area (Å²) in [6, 6.07) is 12.4. The molecule has 2 aromatic carbocycles. The minimum atomic E-state index is -0.543. The Hall–Kier alpha value is -3.68. The van der Waals surface area contributed by atoms with Crippen molar-refractivity contribution in [3.05, 3.63) is 69.9 Å². The molecule has 0 aliphatic heterocycles. The highest BCUT2D eigenvalue weighted by molar-refractivity contribution is 5.99. The average Bonchev–Trinajstić information content (AvgIpc) is 2.97. The van der Waals surface area contributed by atoms with Crippen LogP contribution in [0.1, 0.15) is 11.1 Å². The number of nitro benzene ring substituents is 1. The first-order valence-corrected chi connectivity index (χ1v) is 8.19. The molecule has 0 unspecified atom stereocenters. The molecular formula is C19H18N4O4. The number of aryl methyl sites for hydroxylation is 2.